The number of rotatable bonds is 8. The highest BCUT2D eigenvalue weighted by atomic mass is 16.2. The number of carbonyl (C=O) groups is 2. The number of H-pyrrole nitrogens is 1. The lowest BCUT2D eigenvalue weighted by atomic mass is 10.2. The second kappa shape index (κ2) is 9.88. The number of hydrogen-bond donors (Lipinski definition) is 3. The van der Waals surface area contributed by atoms with Gasteiger partial charge in [-0.15, -0.1) is 0 Å². The van der Waals surface area contributed by atoms with E-state index in [9.17, 15) is 19.2 Å². The van der Waals surface area contributed by atoms with Gasteiger partial charge < -0.3 is 15.5 Å². The molecule has 1 unspecified atom stereocenters. The molecule has 1 aromatic heterocycles. The molecule has 1 heterocycles. The molecule has 0 saturated carbocycles. The molecule has 162 valence electrons. The average molecular weight is 417 g/mol. The van der Waals surface area contributed by atoms with Gasteiger partial charge in [-0.1, -0.05) is 30.3 Å². The number of quaternary nitrogens is 1. The second-order valence-electron chi connectivity index (χ2n) is 7.30. The topological polar surface area (TPSA) is 126 Å². The number of benzene rings is 1. The van der Waals surface area contributed by atoms with E-state index in [0.29, 0.717) is 4.90 Å². The van der Waals surface area contributed by atoms with E-state index in [2.05, 4.69) is 4.98 Å². The number of aromatic nitrogens is 2. The van der Waals surface area contributed by atoms with Gasteiger partial charge in [0.2, 0.25) is 0 Å². The van der Waals surface area contributed by atoms with E-state index < -0.39 is 11.2 Å². The van der Waals surface area contributed by atoms with Crippen LogP contribution in [-0.4, -0.2) is 67.0 Å². The molecule has 0 aliphatic rings. The Morgan fingerprint density at radius 1 is 1.10 bits per heavy atom. The first-order valence-electron chi connectivity index (χ1n) is 9.64. The minimum absolute atomic E-state index is 0.00981. The molecule has 0 aliphatic carbocycles. The van der Waals surface area contributed by atoms with Gasteiger partial charge in [0.25, 0.3) is 17.4 Å². The summed E-state index contributed by atoms with van der Waals surface area (Å²) >= 11 is 0. The molecule has 1 aromatic carbocycles. The van der Waals surface area contributed by atoms with Crippen LogP contribution in [0.5, 0.6) is 0 Å². The first kappa shape index (κ1) is 22.9. The Labute approximate surface area is 174 Å². The maximum absolute atomic E-state index is 12.9. The predicted molar refractivity (Wildman–Crippen MR) is 115 cm³/mol. The van der Waals surface area contributed by atoms with Crippen molar-refractivity contribution < 1.29 is 14.5 Å². The van der Waals surface area contributed by atoms with Gasteiger partial charge in [0.15, 0.2) is 18.8 Å². The SMILES string of the molecule is CCN(C(=O)C[NH+](C)CC(=O)N(C)C)c1c(N)n(Cc2ccccc2)c(=O)[nH]c1=O. The summed E-state index contributed by atoms with van der Waals surface area (Å²) in [6, 6.07) is 9.18. The summed E-state index contributed by atoms with van der Waals surface area (Å²) in [5.74, 6) is -0.564. The smallest absolute Gasteiger partial charge is 0.330 e. The molecule has 10 heteroatoms. The van der Waals surface area contributed by atoms with Gasteiger partial charge in [0, 0.05) is 20.6 Å². The van der Waals surface area contributed by atoms with Crippen molar-refractivity contribution in [1.82, 2.24) is 14.5 Å². The number of amides is 2. The van der Waals surface area contributed by atoms with E-state index in [1.54, 1.807) is 28.1 Å². The van der Waals surface area contributed by atoms with Gasteiger partial charge in [-0.05, 0) is 12.5 Å². The molecule has 0 aliphatic heterocycles. The van der Waals surface area contributed by atoms with Crippen molar-refractivity contribution in [2.75, 3.05) is 51.4 Å². The zero-order chi connectivity index (χ0) is 22.4. The summed E-state index contributed by atoms with van der Waals surface area (Å²) in [6.07, 6.45) is 0. The lowest BCUT2D eigenvalue weighted by Crippen LogP contribution is -3.11. The number of nitrogens with one attached hydrogen (secondary N) is 2. The fourth-order valence-corrected chi connectivity index (χ4v) is 3.05. The predicted octanol–water partition coefficient (Wildman–Crippen LogP) is -1.88. The van der Waals surface area contributed by atoms with E-state index in [4.69, 9.17) is 5.73 Å². The van der Waals surface area contributed by atoms with Gasteiger partial charge in [-0.3, -0.25) is 28.8 Å². The Balaban J connectivity index is 2.34. The molecular formula is C20H29N6O4+. The number of hydrogen-bond acceptors (Lipinski definition) is 5. The number of nitrogens with two attached hydrogens (primary N) is 1. The molecule has 10 nitrogen and oxygen atoms in total. The van der Waals surface area contributed by atoms with E-state index in [-0.39, 0.29) is 49.5 Å². The van der Waals surface area contributed by atoms with Crippen molar-refractivity contribution in [3.63, 3.8) is 0 Å². The Kier molecular flexibility index (Phi) is 7.54. The summed E-state index contributed by atoms with van der Waals surface area (Å²) in [4.78, 5) is 55.2. The summed E-state index contributed by atoms with van der Waals surface area (Å²) < 4.78 is 1.23. The molecule has 2 aromatic rings. The van der Waals surface area contributed by atoms with Gasteiger partial charge in [0.05, 0.1) is 13.6 Å². The monoisotopic (exact) mass is 417 g/mol. The van der Waals surface area contributed by atoms with Crippen LogP contribution in [0.15, 0.2) is 39.9 Å². The van der Waals surface area contributed by atoms with Crippen LogP contribution < -0.4 is 26.8 Å². The average Bonchev–Trinajstić information content (AvgIpc) is 2.68. The molecule has 0 fully saturated rings. The molecule has 2 amide bonds. The largest absolute Gasteiger partial charge is 0.383 e. The van der Waals surface area contributed by atoms with Gasteiger partial charge >= 0.3 is 5.69 Å². The zero-order valence-electron chi connectivity index (χ0n) is 17.8. The fourth-order valence-electron chi connectivity index (χ4n) is 3.05. The number of nitrogens with zero attached hydrogens (tertiary/aromatic N) is 3. The Bertz CT molecular complexity index is 1010. The summed E-state index contributed by atoms with van der Waals surface area (Å²) in [5.41, 5.74) is 5.57. The van der Waals surface area contributed by atoms with Crippen LogP contribution in [0.4, 0.5) is 11.5 Å². The first-order chi connectivity index (χ1) is 14.1. The summed E-state index contributed by atoms with van der Waals surface area (Å²) in [5, 5.41) is 0. The third-order valence-corrected chi connectivity index (χ3v) is 4.69. The third kappa shape index (κ3) is 5.35. The summed E-state index contributed by atoms with van der Waals surface area (Å²) in [6.45, 7) is 2.18. The minimum atomic E-state index is -0.723. The molecule has 4 N–H and O–H groups in total. The molecule has 0 saturated heterocycles. The standard InChI is InChI=1S/C20H28N6O4/c1-5-25(16(28)13-24(4)12-15(27)23(2)3)17-18(21)26(20(30)22-19(17)29)11-14-9-7-6-8-10-14/h6-10H,5,11-13,21H2,1-4H3,(H,22,29,30)/p+1. The van der Waals surface area contributed by atoms with Crippen molar-refractivity contribution in [2.24, 2.45) is 0 Å². The van der Waals surface area contributed by atoms with Gasteiger partial charge in [0.1, 0.15) is 5.82 Å². The molecule has 0 radical (unpaired) electrons. The van der Waals surface area contributed by atoms with Gasteiger partial charge in [-0.2, -0.15) is 0 Å². The molecule has 0 bridgehead atoms. The van der Waals surface area contributed by atoms with E-state index in [1.807, 2.05) is 30.3 Å². The maximum atomic E-state index is 12.9. The van der Waals surface area contributed by atoms with Crippen LogP contribution in [-0.2, 0) is 16.1 Å². The quantitative estimate of drug-likeness (QED) is 0.464. The number of anilines is 2. The zero-order valence-corrected chi connectivity index (χ0v) is 17.8. The van der Waals surface area contributed by atoms with E-state index >= 15 is 0 Å². The summed E-state index contributed by atoms with van der Waals surface area (Å²) in [7, 11) is 5.01. The lowest BCUT2D eigenvalue weighted by molar-refractivity contribution is -0.862. The van der Waals surface area contributed by atoms with Crippen LogP contribution in [0.2, 0.25) is 0 Å². The third-order valence-electron chi connectivity index (χ3n) is 4.69. The minimum Gasteiger partial charge on any atom is -0.383 e. The molecule has 0 spiro atoms. The highest BCUT2D eigenvalue weighted by Crippen LogP contribution is 2.17. The number of carbonyl (C=O) groups excluding carboxylic acids is 2. The van der Waals surface area contributed by atoms with E-state index in [0.717, 1.165) is 5.56 Å². The molecule has 1 atom stereocenters. The number of aromatic amines is 1. The van der Waals surface area contributed by atoms with Gasteiger partial charge in [-0.25, -0.2) is 4.79 Å². The number of likely N-dealkylation sites (N-methyl/N-ethyl adjacent to an activating group) is 3. The fraction of sp³-hybridized carbons (Fsp3) is 0.400. The Hall–Kier alpha value is -3.40. The van der Waals surface area contributed by atoms with Crippen LogP contribution in [0, 0.1) is 0 Å². The molecular weight excluding hydrogens is 388 g/mol. The van der Waals surface area contributed by atoms with Crippen LogP contribution in [0.3, 0.4) is 0 Å². The van der Waals surface area contributed by atoms with Crippen LogP contribution in [0.25, 0.3) is 0 Å². The highest BCUT2D eigenvalue weighted by Gasteiger charge is 2.26. The first-order valence-corrected chi connectivity index (χ1v) is 9.64. The number of nitrogen functional groups attached to an aromatic ring is 1. The van der Waals surface area contributed by atoms with Crippen molar-refractivity contribution in [3.05, 3.63) is 56.7 Å². The van der Waals surface area contributed by atoms with E-state index in [1.165, 1.54) is 14.4 Å². The van der Waals surface area contributed by atoms with Crippen LogP contribution >= 0.6 is 0 Å². The molecule has 30 heavy (non-hydrogen) atoms. The highest BCUT2D eigenvalue weighted by molar-refractivity contribution is 5.96. The molecule has 2 rings (SSSR count). The van der Waals surface area contributed by atoms with Crippen LogP contribution in [0.1, 0.15) is 12.5 Å². The maximum Gasteiger partial charge on any atom is 0.330 e. The van der Waals surface area contributed by atoms with Crippen molar-refractivity contribution in [1.29, 1.82) is 0 Å². The Morgan fingerprint density at radius 2 is 1.70 bits per heavy atom. The van der Waals surface area contributed by atoms with Crippen molar-refractivity contribution in [2.45, 2.75) is 13.5 Å². The lowest BCUT2D eigenvalue weighted by Gasteiger charge is -2.24. The van der Waals surface area contributed by atoms with Crippen molar-refractivity contribution >= 4 is 23.3 Å². The Morgan fingerprint density at radius 3 is 2.27 bits per heavy atom. The normalized spacial score (nSPS) is 11.7. The van der Waals surface area contributed by atoms with Crippen molar-refractivity contribution in [3.8, 4) is 0 Å². The second-order valence-corrected chi connectivity index (χ2v) is 7.30.